The number of carbonyl (C=O) groups is 4. The van der Waals surface area contributed by atoms with Gasteiger partial charge in [-0.15, -0.1) is 0 Å². The lowest BCUT2D eigenvalue weighted by atomic mass is 10.0. The van der Waals surface area contributed by atoms with E-state index in [1.165, 1.54) is 24.5 Å². The molecule has 0 saturated carbocycles. The van der Waals surface area contributed by atoms with Gasteiger partial charge in [0.15, 0.2) is 0 Å². The van der Waals surface area contributed by atoms with Crippen molar-refractivity contribution in [3.8, 4) is 11.1 Å². The molecule has 0 spiro atoms. The highest BCUT2D eigenvalue weighted by Crippen LogP contribution is 2.22. The van der Waals surface area contributed by atoms with Gasteiger partial charge in [-0.2, -0.15) is 13.2 Å². The molecule has 1 aliphatic rings. The molecule has 0 aliphatic carbocycles. The number of likely N-dealkylation sites (tertiary alicyclic amines) is 1. The minimum absolute atomic E-state index is 0.0421. The standard InChI is InChI=1S/C25H28F3N5O6/c1-14(34)21(23(37)32-39)31-22(36)17-4-2-15(3-5-17)16-6-8-18(9-7-16)29-20(35)13-33-11-10-19(12-33)30-24(38)25(26,27)28/h2-9,14,19,21,34,39H,10-13H2,1H3,(H,29,35)(H,30,38)(H,31,36)(H,32,37)/t14-,19-,21+/m1/s1. The second-order valence-corrected chi connectivity index (χ2v) is 9.06. The van der Waals surface area contributed by atoms with Crippen LogP contribution in [0.25, 0.3) is 11.1 Å². The van der Waals surface area contributed by atoms with E-state index in [2.05, 4.69) is 10.6 Å². The Bertz CT molecular complexity index is 1190. The lowest BCUT2D eigenvalue weighted by Crippen LogP contribution is -2.51. The molecule has 0 aromatic heterocycles. The van der Waals surface area contributed by atoms with Gasteiger partial charge >= 0.3 is 12.1 Å². The zero-order valence-corrected chi connectivity index (χ0v) is 20.8. The minimum Gasteiger partial charge on any atom is -0.391 e. The van der Waals surface area contributed by atoms with Crippen molar-refractivity contribution in [1.29, 1.82) is 0 Å². The second-order valence-electron chi connectivity index (χ2n) is 9.06. The predicted molar refractivity (Wildman–Crippen MR) is 132 cm³/mol. The fourth-order valence-corrected chi connectivity index (χ4v) is 4.02. The van der Waals surface area contributed by atoms with Gasteiger partial charge in [0.1, 0.15) is 6.04 Å². The Morgan fingerprint density at radius 3 is 2.15 bits per heavy atom. The van der Waals surface area contributed by atoms with Crippen LogP contribution in [0, 0.1) is 0 Å². The lowest BCUT2D eigenvalue weighted by molar-refractivity contribution is -0.174. The van der Waals surface area contributed by atoms with Gasteiger partial charge in [-0.3, -0.25) is 29.3 Å². The van der Waals surface area contributed by atoms with Crippen LogP contribution in [0.1, 0.15) is 23.7 Å². The maximum Gasteiger partial charge on any atom is 0.471 e. The molecule has 0 bridgehead atoms. The number of aliphatic hydroxyl groups is 1. The van der Waals surface area contributed by atoms with Crippen LogP contribution in [-0.2, 0) is 14.4 Å². The van der Waals surface area contributed by atoms with Crippen LogP contribution < -0.4 is 21.4 Å². The number of carbonyl (C=O) groups excluding carboxylic acids is 4. The maximum absolute atomic E-state index is 12.4. The van der Waals surface area contributed by atoms with Gasteiger partial charge in [-0.1, -0.05) is 24.3 Å². The largest absolute Gasteiger partial charge is 0.471 e. The molecule has 39 heavy (non-hydrogen) atoms. The maximum atomic E-state index is 12.4. The Morgan fingerprint density at radius 1 is 1.03 bits per heavy atom. The highest BCUT2D eigenvalue weighted by atomic mass is 19.4. The second kappa shape index (κ2) is 12.7. The normalized spacial score (nSPS) is 17.1. The third kappa shape index (κ3) is 8.24. The average Bonchev–Trinajstić information content (AvgIpc) is 3.32. The number of amides is 4. The van der Waals surface area contributed by atoms with Crippen LogP contribution in [0.5, 0.6) is 0 Å². The number of rotatable bonds is 9. The molecule has 0 radical (unpaired) electrons. The number of halogens is 3. The number of nitrogens with zero attached hydrogens (tertiary/aromatic N) is 1. The van der Waals surface area contributed by atoms with E-state index in [4.69, 9.17) is 5.21 Å². The predicted octanol–water partition coefficient (Wildman–Crippen LogP) is 1.03. The summed E-state index contributed by atoms with van der Waals surface area (Å²) in [5.74, 6) is -3.93. The van der Waals surface area contributed by atoms with Crippen molar-refractivity contribution in [2.45, 2.75) is 37.7 Å². The number of hydroxylamine groups is 1. The first-order valence-corrected chi connectivity index (χ1v) is 11.9. The van der Waals surface area contributed by atoms with E-state index in [0.717, 1.165) is 11.1 Å². The van der Waals surface area contributed by atoms with E-state index in [1.807, 2.05) is 5.32 Å². The molecule has 11 nitrogen and oxygen atoms in total. The fourth-order valence-electron chi connectivity index (χ4n) is 4.02. The lowest BCUT2D eigenvalue weighted by Gasteiger charge is -2.19. The summed E-state index contributed by atoms with van der Waals surface area (Å²) in [5, 5.41) is 25.4. The number of hydrogen-bond acceptors (Lipinski definition) is 7. The van der Waals surface area contributed by atoms with E-state index in [9.17, 15) is 37.5 Å². The van der Waals surface area contributed by atoms with Crippen LogP contribution in [0.4, 0.5) is 18.9 Å². The smallest absolute Gasteiger partial charge is 0.391 e. The van der Waals surface area contributed by atoms with E-state index in [1.54, 1.807) is 41.3 Å². The zero-order valence-electron chi connectivity index (χ0n) is 20.8. The quantitative estimate of drug-likeness (QED) is 0.201. The van der Waals surface area contributed by atoms with Crippen molar-refractivity contribution < 1.29 is 42.7 Å². The summed E-state index contributed by atoms with van der Waals surface area (Å²) in [4.78, 5) is 49.1. The zero-order chi connectivity index (χ0) is 28.7. The first kappa shape index (κ1) is 29.5. The molecule has 210 valence electrons. The summed E-state index contributed by atoms with van der Waals surface area (Å²) >= 11 is 0. The molecule has 1 saturated heterocycles. The summed E-state index contributed by atoms with van der Waals surface area (Å²) in [5.41, 5.74) is 3.66. The molecule has 3 rings (SSSR count). The SMILES string of the molecule is C[C@@H](O)[C@H](NC(=O)c1ccc(-c2ccc(NC(=O)CN3CC[C@@H](NC(=O)C(F)(F)F)C3)cc2)cc1)C(=O)NO. The molecule has 6 N–H and O–H groups in total. The van der Waals surface area contributed by atoms with Gasteiger partial charge < -0.3 is 21.1 Å². The molecule has 4 amide bonds. The van der Waals surface area contributed by atoms with E-state index in [0.29, 0.717) is 18.7 Å². The number of anilines is 1. The Hall–Kier alpha value is -4.01. The fraction of sp³-hybridized carbons (Fsp3) is 0.360. The van der Waals surface area contributed by atoms with Gasteiger partial charge in [0, 0.05) is 30.4 Å². The molecule has 3 atom stereocenters. The summed E-state index contributed by atoms with van der Waals surface area (Å²) in [6, 6.07) is 11.2. The van der Waals surface area contributed by atoms with Crippen LogP contribution >= 0.6 is 0 Å². The number of aliphatic hydroxyl groups excluding tert-OH is 1. The molecule has 0 unspecified atom stereocenters. The van der Waals surface area contributed by atoms with Crippen LogP contribution in [0.15, 0.2) is 48.5 Å². The molecule has 1 aliphatic heterocycles. The summed E-state index contributed by atoms with van der Waals surface area (Å²) < 4.78 is 37.2. The molecule has 2 aromatic rings. The van der Waals surface area contributed by atoms with Crippen molar-refractivity contribution in [3.63, 3.8) is 0 Å². The van der Waals surface area contributed by atoms with Crippen LogP contribution in [0.3, 0.4) is 0 Å². The van der Waals surface area contributed by atoms with Crippen LogP contribution in [-0.4, -0.2) is 82.8 Å². The third-order valence-electron chi connectivity index (χ3n) is 6.04. The Balaban J connectivity index is 1.51. The van der Waals surface area contributed by atoms with Gasteiger partial charge in [0.25, 0.3) is 11.8 Å². The van der Waals surface area contributed by atoms with Gasteiger partial charge in [0.05, 0.1) is 12.6 Å². The summed E-state index contributed by atoms with van der Waals surface area (Å²) in [6.45, 7) is 1.76. The van der Waals surface area contributed by atoms with Crippen LogP contribution in [0.2, 0.25) is 0 Å². The van der Waals surface area contributed by atoms with Crippen molar-refractivity contribution in [3.05, 3.63) is 54.1 Å². The molecule has 1 fully saturated rings. The highest BCUT2D eigenvalue weighted by Gasteiger charge is 2.40. The Kier molecular flexibility index (Phi) is 9.61. The number of alkyl halides is 3. The van der Waals surface area contributed by atoms with Gasteiger partial charge in [0.2, 0.25) is 5.91 Å². The monoisotopic (exact) mass is 551 g/mol. The van der Waals surface area contributed by atoms with Crippen molar-refractivity contribution >= 4 is 29.3 Å². The molecule has 14 heteroatoms. The average molecular weight is 552 g/mol. The summed E-state index contributed by atoms with van der Waals surface area (Å²) in [7, 11) is 0. The molecular formula is C25H28F3N5O6. The van der Waals surface area contributed by atoms with E-state index in [-0.39, 0.29) is 24.6 Å². The molecule has 1 heterocycles. The summed E-state index contributed by atoms with van der Waals surface area (Å²) in [6.07, 6.45) is -5.88. The molecular weight excluding hydrogens is 523 g/mol. The minimum atomic E-state index is -4.95. The van der Waals surface area contributed by atoms with Gasteiger partial charge in [-0.25, -0.2) is 5.48 Å². The van der Waals surface area contributed by atoms with E-state index < -0.39 is 42.1 Å². The third-order valence-corrected chi connectivity index (χ3v) is 6.04. The Morgan fingerprint density at radius 2 is 1.62 bits per heavy atom. The number of hydrogen-bond donors (Lipinski definition) is 6. The molecule has 2 aromatic carbocycles. The van der Waals surface area contributed by atoms with Crippen molar-refractivity contribution in [1.82, 2.24) is 21.0 Å². The van der Waals surface area contributed by atoms with Crippen molar-refractivity contribution in [2.75, 3.05) is 25.0 Å². The number of nitrogens with one attached hydrogen (secondary N) is 4. The first-order chi connectivity index (χ1) is 18.4. The van der Waals surface area contributed by atoms with Gasteiger partial charge in [-0.05, 0) is 48.7 Å². The van der Waals surface area contributed by atoms with Crippen molar-refractivity contribution in [2.24, 2.45) is 0 Å². The Labute approximate surface area is 221 Å². The van der Waals surface area contributed by atoms with E-state index >= 15 is 0 Å². The number of benzene rings is 2. The topological polar surface area (TPSA) is 160 Å². The highest BCUT2D eigenvalue weighted by molar-refractivity contribution is 5.98. The first-order valence-electron chi connectivity index (χ1n) is 11.9.